The number of rotatable bonds is 8. The second-order valence-electron chi connectivity index (χ2n) is 7.86. The first-order valence-corrected chi connectivity index (χ1v) is 10.8. The van der Waals surface area contributed by atoms with E-state index in [1.165, 1.54) is 30.3 Å². The van der Waals surface area contributed by atoms with Crippen LogP contribution in [-0.4, -0.2) is 38.4 Å². The zero-order valence-electron chi connectivity index (χ0n) is 34.1. The maximum absolute atomic E-state index is 13.9. The molecule has 0 aliphatic carbocycles. The van der Waals surface area contributed by atoms with Crippen LogP contribution in [0.3, 0.4) is 0 Å². The number of carbonyl (C=O) groups excluding carboxylic acids is 1. The van der Waals surface area contributed by atoms with E-state index in [1.54, 1.807) is 5.32 Å². The first-order valence-electron chi connectivity index (χ1n) is 18.3. The molecular weight excluding hydrogens is 481 g/mol. The highest BCUT2D eigenvalue weighted by Crippen LogP contribution is 2.43. The highest BCUT2D eigenvalue weighted by atomic mass is 19.4. The molecule has 3 aromatic rings. The van der Waals surface area contributed by atoms with Gasteiger partial charge in [-0.3, -0.25) is 9.69 Å². The van der Waals surface area contributed by atoms with E-state index in [2.05, 4.69) is 0 Å². The van der Waals surface area contributed by atoms with Gasteiger partial charge in [-0.2, -0.15) is 13.2 Å². The van der Waals surface area contributed by atoms with Gasteiger partial charge in [0.2, 0.25) is 5.91 Å². The number of benzene rings is 3. The Hall–Kier alpha value is -3.52. The second-order valence-corrected chi connectivity index (χ2v) is 7.86. The monoisotopic (exact) mass is 527 g/mol. The fourth-order valence-electron chi connectivity index (χ4n) is 3.94. The molecule has 0 bridgehead atoms. The van der Waals surface area contributed by atoms with E-state index in [-0.39, 0.29) is 5.56 Å². The molecule has 1 aliphatic rings. The Balaban J connectivity index is 2.10. The molecule has 0 saturated carbocycles. The topological polar surface area (TPSA) is 50.8 Å². The van der Waals surface area contributed by atoms with E-state index < -0.39 is 105 Å². The van der Waals surface area contributed by atoms with Gasteiger partial charge in [-0.1, -0.05) is 42.5 Å². The van der Waals surface area contributed by atoms with Crippen molar-refractivity contribution in [3.05, 3.63) is 94.5 Å². The molecule has 1 heterocycles. The number of amides is 1. The lowest BCUT2D eigenvalue weighted by Gasteiger charge is -2.42. The van der Waals surface area contributed by atoms with Crippen molar-refractivity contribution in [1.29, 1.82) is 0 Å². The number of nitrogens with one attached hydrogen (secondary N) is 1. The maximum atomic E-state index is 13.9. The van der Waals surface area contributed by atoms with Crippen LogP contribution in [0.15, 0.2) is 66.7 Å². The Morgan fingerprint density at radius 1 is 1.19 bits per heavy atom. The predicted octanol–water partition coefficient (Wildman–Crippen LogP) is 5.74. The molecule has 5 nitrogen and oxygen atoms in total. The summed E-state index contributed by atoms with van der Waals surface area (Å²) in [5, 5.41) is 1.68. The number of methoxy groups -OCH3 is 2. The highest BCUT2D eigenvalue weighted by molar-refractivity contribution is 5.83. The van der Waals surface area contributed by atoms with Crippen molar-refractivity contribution in [2.24, 2.45) is 0 Å². The van der Waals surface area contributed by atoms with Crippen LogP contribution in [0, 0.1) is 0 Å². The molecule has 2 atom stereocenters. The average Bonchev–Trinajstić information content (AvgIpc) is 2.97. The fourth-order valence-corrected chi connectivity index (χ4v) is 3.94. The van der Waals surface area contributed by atoms with Crippen molar-refractivity contribution < 1.29 is 48.0 Å². The minimum absolute atomic E-state index is 0.316. The van der Waals surface area contributed by atoms with Crippen molar-refractivity contribution in [3.63, 3.8) is 0 Å². The third kappa shape index (κ3) is 5.74. The summed E-state index contributed by atoms with van der Waals surface area (Å²) in [6.45, 7) is -4.38. The van der Waals surface area contributed by atoms with Gasteiger partial charge >= 0.3 is 6.18 Å². The molecule has 0 spiro atoms. The molecule has 0 radical (unpaired) electrons. The molecular formula is C29H31F3N2O3. The molecule has 0 fully saturated rings. The summed E-state index contributed by atoms with van der Waals surface area (Å²) < 4.78 is 174. The molecule has 0 saturated heterocycles. The highest BCUT2D eigenvalue weighted by Gasteiger charge is 2.37. The lowest BCUT2D eigenvalue weighted by molar-refractivity contribution is -0.137. The number of fused-ring (bicyclic) bond motifs is 1. The van der Waals surface area contributed by atoms with Gasteiger partial charge in [-0.15, -0.1) is 0 Å². The van der Waals surface area contributed by atoms with E-state index in [0.29, 0.717) is 23.1 Å². The summed E-state index contributed by atoms with van der Waals surface area (Å²) in [5.74, 6) is -3.31. The Labute approximate surface area is 236 Å². The van der Waals surface area contributed by atoms with Crippen LogP contribution in [0.2, 0.25) is 0 Å². The molecule has 0 aromatic heterocycles. The fraction of sp³-hybridized carbons (Fsp3) is 0.345. The molecule has 1 aliphatic heterocycles. The molecule has 4 rings (SSSR count). The SMILES string of the molecule is [2H]C([2H])([2H])NC(=O)[C@@]([2H])(c1ccccc1)N1CC([2H])([2H])c2cc(OC([2H])([2H])[2H])c(OC([2H])([2H])[2H])cc2[C@]1([2H])CC([2H])([2H])c1ccc(C(F)(F)F)cc1. The van der Waals surface area contributed by atoms with Gasteiger partial charge in [0.05, 0.1) is 30.6 Å². The Morgan fingerprint density at radius 2 is 1.89 bits per heavy atom. The summed E-state index contributed by atoms with van der Waals surface area (Å²) in [6, 6.07) is 4.74. The van der Waals surface area contributed by atoms with Crippen molar-refractivity contribution in [1.82, 2.24) is 10.2 Å². The van der Waals surface area contributed by atoms with Crippen LogP contribution in [0.5, 0.6) is 11.5 Å². The smallest absolute Gasteiger partial charge is 0.416 e. The quantitative estimate of drug-likeness (QED) is 0.406. The van der Waals surface area contributed by atoms with Gasteiger partial charge in [-0.05, 0) is 65.7 Å². The maximum Gasteiger partial charge on any atom is 0.416 e. The zero-order valence-corrected chi connectivity index (χ0v) is 19.1. The van der Waals surface area contributed by atoms with Crippen molar-refractivity contribution in [2.75, 3.05) is 27.6 Å². The second kappa shape index (κ2) is 11.3. The lowest BCUT2D eigenvalue weighted by Crippen LogP contribution is -2.44. The third-order valence-corrected chi connectivity index (χ3v) is 5.69. The minimum Gasteiger partial charge on any atom is -0.493 e. The number of aryl methyl sites for hydroxylation is 1. The molecule has 3 aromatic carbocycles. The number of carbonyl (C=O) groups is 1. The van der Waals surface area contributed by atoms with Gasteiger partial charge in [0.1, 0.15) is 6.02 Å². The van der Waals surface area contributed by atoms with Gasteiger partial charge in [-0.25, -0.2) is 0 Å². The third-order valence-electron chi connectivity index (χ3n) is 5.69. The number of ether oxygens (including phenoxy) is 2. The van der Waals surface area contributed by atoms with E-state index in [1.807, 2.05) is 0 Å². The average molecular weight is 528 g/mol. The first-order chi connectivity index (χ1) is 23.4. The molecule has 8 heteroatoms. The van der Waals surface area contributed by atoms with E-state index in [9.17, 15) is 20.7 Å². The van der Waals surface area contributed by atoms with E-state index in [4.69, 9.17) is 27.3 Å². The molecule has 1 amide bonds. The Bertz CT molecular complexity index is 1780. The number of halogens is 3. The largest absolute Gasteiger partial charge is 0.493 e. The van der Waals surface area contributed by atoms with Gasteiger partial charge in [0.15, 0.2) is 11.5 Å². The van der Waals surface area contributed by atoms with Crippen molar-refractivity contribution in [2.45, 2.75) is 37.4 Å². The van der Waals surface area contributed by atoms with Crippen LogP contribution >= 0.6 is 0 Å². The first kappa shape index (κ1) is 13.3. The van der Waals surface area contributed by atoms with Gasteiger partial charge in [0.25, 0.3) is 0 Å². The molecule has 37 heavy (non-hydrogen) atoms. The van der Waals surface area contributed by atoms with Crippen molar-refractivity contribution in [3.8, 4) is 11.5 Å². The van der Waals surface area contributed by atoms with Crippen LogP contribution in [0.25, 0.3) is 0 Å². The summed E-state index contributed by atoms with van der Waals surface area (Å²) >= 11 is 0. The van der Waals surface area contributed by atoms with E-state index in [0.717, 1.165) is 18.2 Å². The van der Waals surface area contributed by atoms with Gasteiger partial charge in [0, 0.05) is 29.1 Å². The van der Waals surface area contributed by atoms with Crippen LogP contribution in [0.1, 0.15) is 66.8 Å². The molecule has 196 valence electrons. The number of likely N-dealkylation sites (N-methyl/N-ethyl adjacent to an activating group) is 1. The Kier molecular flexibility index (Phi) is 4.05. The minimum atomic E-state index is -4.79. The number of nitrogens with zero attached hydrogens (tertiary/aromatic N) is 1. The summed E-state index contributed by atoms with van der Waals surface area (Å²) in [4.78, 5) is 14.5. The molecule has 1 N–H and O–H groups in total. The standard InChI is InChI=1S/C29H31F3N2O3/c1-33-28(35)27(20-7-5-4-6-8-20)34-16-15-21-17-25(36-2)26(37-3)18-23(21)24(34)14-11-19-9-12-22(13-10-19)29(30,31)32/h4-10,12-13,17-18,24,27H,11,14-16H2,1-3H3,(H,33,35)/t24-,27+/m0/s1/i1D3,2D3,3D3,11D2,15D2,24D,27D. The number of hydrogen-bond acceptors (Lipinski definition) is 4. The summed E-state index contributed by atoms with van der Waals surface area (Å²) in [5.41, 5.74) is -3.11. The van der Waals surface area contributed by atoms with Crippen LogP contribution in [0.4, 0.5) is 13.2 Å². The number of alkyl halides is 3. The predicted molar refractivity (Wildman–Crippen MR) is 136 cm³/mol. The normalized spacial score (nSPS) is 28.1. The lowest BCUT2D eigenvalue weighted by atomic mass is 9.86. The Morgan fingerprint density at radius 3 is 2.54 bits per heavy atom. The summed E-state index contributed by atoms with van der Waals surface area (Å²) in [7, 11) is -6.56. The van der Waals surface area contributed by atoms with Crippen molar-refractivity contribution >= 4 is 5.91 Å². The van der Waals surface area contributed by atoms with Crippen LogP contribution in [-0.2, 0) is 23.7 Å². The zero-order chi connectivity index (χ0) is 39.5. The van der Waals surface area contributed by atoms with E-state index >= 15 is 0 Å². The van der Waals surface area contributed by atoms with Gasteiger partial charge < -0.3 is 14.8 Å². The molecule has 0 unspecified atom stereocenters. The number of hydrogen-bond donors (Lipinski definition) is 1. The summed E-state index contributed by atoms with van der Waals surface area (Å²) in [6.07, 6.45) is -11.7. The van der Waals surface area contributed by atoms with Crippen LogP contribution < -0.4 is 14.8 Å².